The van der Waals surface area contributed by atoms with Crippen LogP contribution < -0.4 is 10.2 Å². The molecule has 0 atom stereocenters. The highest BCUT2D eigenvalue weighted by molar-refractivity contribution is 5.91. The number of rotatable bonds is 5. The number of carbonyl (C=O) groups excluding carboxylic acids is 1. The van der Waals surface area contributed by atoms with Crippen molar-refractivity contribution in [2.24, 2.45) is 0 Å². The van der Waals surface area contributed by atoms with E-state index in [1.807, 2.05) is 66.4 Å². The van der Waals surface area contributed by atoms with Gasteiger partial charge in [0, 0.05) is 49.7 Å². The van der Waals surface area contributed by atoms with Crippen molar-refractivity contribution >= 4 is 29.4 Å². The van der Waals surface area contributed by atoms with E-state index < -0.39 is 0 Å². The molecule has 31 heavy (non-hydrogen) atoms. The molecule has 0 bridgehead atoms. The topological polar surface area (TPSA) is 61.4 Å². The molecule has 0 saturated carbocycles. The average Bonchev–Trinajstić information content (AvgIpc) is 2.79. The van der Waals surface area contributed by atoms with Crippen LogP contribution in [-0.2, 0) is 4.79 Å². The van der Waals surface area contributed by atoms with Crippen molar-refractivity contribution in [2.75, 3.05) is 36.4 Å². The highest BCUT2D eigenvalue weighted by Gasteiger charge is 2.22. The normalized spacial score (nSPS) is 14.1. The molecular formula is C25H27N5O. The van der Waals surface area contributed by atoms with Gasteiger partial charge >= 0.3 is 0 Å². The lowest BCUT2D eigenvalue weighted by Gasteiger charge is -2.34. The first-order valence-electron chi connectivity index (χ1n) is 10.5. The Morgan fingerprint density at radius 3 is 2.35 bits per heavy atom. The fourth-order valence-corrected chi connectivity index (χ4v) is 3.51. The standard InChI is InChI=1S/C25H27N5O/c1-19-8-11-22(12-9-19)27-23-18-20(2)26-25(28-23)30-16-14-29(15-17-30)24(31)13-10-21-6-4-3-5-7-21/h3-13,18H,14-17H2,1-2H3,(H,26,27,28)/b13-10+. The Labute approximate surface area is 183 Å². The Morgan fingerprint density at radius 1 is 0.935 bits per heavy atom. The zero-order chi connectivity index (χ0) is 21.6. The summed E-state index contributed by atoms with van der Waals surface area (Å²) in [7, 11) is 0. The van der Waals surface area contributed by atoms with Crippen LogP contribution in [0.2, 0.25) is 0 Å². The van der Waals surface area contributed by atoms with Gasteiger partial charge in [-0.05, 0) is 37.6 Å². The minimum Gasteiger partial charge on any atom is -0.340 e. The molecule has 0 aliphatic carbocycles. The molecule has 3 aromatic rings. The number of hydrogen-bond acceptors (Lipinski definition) is 5. The van der Waals surface area contributed by atoms with E-state index in [9.17, 15) is 4.79 Å². The van der Waals surface area contributed by atoms with Gasteiger partial charge in [-0.1, -0.05) is 48.0 Å². The van der Waals surface area contributed by atoms with E-state index >= 15 is 0 Å². The van der Waals surface area contributed by atoms with Crippen LogP contribution in [0.25, 0.3) is 6.08 Å². The largest absolute Gasteiger partial charge is 0.340 e. The van der Waals surface area contributed by atoms with Crippen LogP contribution in [0, 0.1) is 13.8 Å². The van der Waals surface area contributed by atoms with Gasteiger partial charge in [0.25, 0.3) is 0 Å². The summed E-state index contributed by atoms with van der Waals surface area (Å²) >= 11 is 0. The highest BCUT2D eigenvalue weighted by atomic mass is 16.2. The van der Waals surface area contributed by atoms with Gasteiger partial charge in [0.1, 0.15) is 5.82 Å². The van der Waals surface area contributed by atoms with Crippen molar-refractivity contribution < 1.29 is 4.79 Å². The monoisotopic (exact) mass is 413 g/mol. The lowest BCUT2D eigenvalue weighted by atomic mass is 10.2. The van der Waals surface area contributed by atoms with Gasteiger partial charge in [-0.3, -0.25) is 4.79 Å². The number of benzene rings is 2. The maximum absolute atomic E-state index is 12.5. The Morgan fingerprint density at radius 2 is 1.65 bits per heavy atom. The summed E-state index contributed by atoms with van der Waals surface area (Å²) < 4.78 is 0. The minimum absolute atomic E-state index is 0.0374. The van der Waals surface area contributed by atoms with E-state index in [0.29, 0.717) is 32.1 Å². The molecule has 158 valence electrons. The number of piperazine rings is 1. The van der Waals surface area contributed by atoms with Gasteiger partial charge in [0.2, 0.25) is 11.9 Å². The molecule has 6 heteroatoms. The number of amides is 1. The van der Waals surface area contributed by atoms with Crippen molar-refractivity contribution in [1.29, 1.82) is 0 Å². The van der Waals surface area contributed by atoms with Crippen molar-refractivity contribution in [1.82, 2.24) is 14.9 Å². The molecule has 4 rings (SSSR count). The third-order valence-corrected chi connectivity index (χ3v) is 5.26. The van der Waals surface area contributed by atoms with Gasteiger partial charge < -0.3 is 15.1 Å². The van der Waals surface area contributed by atoms with Gasteiger partial charge in [0.15, 0.2) is 0 Å². The van der Waals surface area contributed by atoms with E-state index in [1.165, 1.54) is 5.56 Å². The van der Waals surface area contributed by atoms with Crippen molar-refractivity contribution in [2.45, 2.75) is 13.8 Å². The molecule has 2 heterocycles. The summed E-state index contributed by atoms with van der Waals surface area (Å²) in [5.74, 6) is 1.51. The summed E-state index contributed by atoms with van der Waals surface area (Å²) in [4.78, 5) is 25.9. The summed E-state index contributed by atoms with van der Waals surface area (Å²) in [6.45, 7) is 6.75. The molecule has 0 unspecified atom stereocenters. The Hall–Kier alpha value is -3.67. The van der Waals surface area contributed by atoms with Crippen LogP contribution in [0.5, 0.6) is 0 Å². The van der Waals surface area contributed by atoms with Gasteiger partial charge in [-0.25, -0.2) is 4.98 Å². The van der Waals surface area contributed by atoms with Crippen molar-refractivity contribution in [3.63, 3.8) is 0 Å². The molecule has 1 saturated heterocycles. The molecule has 2 aromatic carbocycles. The van der Waals surface area contributed by atoms with Crippen molar-refractivity contribution in [3.05, 3.63) is 83.6 Å². The molecule has 1 aliphatic rings. The van der Waals surface area contributed by atoms with E-state index in [2.05, 4.69) is 34.3 Å². The zero-order valence-electron chi connectivity index (χ0n) is 18.0. The molecule has 6 nitrogen and oxygen atoms in total. The van der Waals surface area contributed by atoms with E-state index in [-0.39, 0.29) is 5.91 Å². The second-order valence-corrected chi connectivity index (χ2v) is 7.74. The fourth-order valence-electron chi connectivity index (χ4n) is 3.51. The fraction of sp³-hybridized carbons (Fsp3) is 0.240. The summed E-state index contributed by atoms with van der Waals surface area (Å²) in [5, 5.41) is 3.36. The number of hydrogen-bond donors (Lipinski definition) is 1. The molecule has 1 fully saturated rings. The number of aryl methyl sites for hydroxylation is 2. The number of nitrogens with zero attached hydrogens (tertiary/aromatic N) is 4. The molecule has 1 amide bonds. The van der Waals surface area contributed by atoms with Crippen LogP contribution in [0.15, 0.2) is 66.7 Å². The maximum Gasteiger partial charge on any atom is 0.246 e. The van der Waals surface area contributed by atoms with E-state index in [1.54, 1.807) is 6.08 Å². The van der Waals surface area contributed by atoms with Crippen molar-refractivity contribution in [3.8, 4) is 0 Å². The van der Waals surface area contributed by atoms with E-state index in [4.69, 9.17) is 4.98 Å². The predicted molar refractivity (Wildman–Crippen MR) is 125 cm³/mol. The average molecular weight is 414 g/mol. The smallest absolute Gasteiger partial charge is 0.246 e. The quantitative estimate of drug-likeness (QED) is 0.635. The third kappa shape index (κ3) is 5.48. The van der Waals surface area contributed by atoms with Crippen LogP contribution in [0.1, 0.15) is 16.8 Å². The molecule has 0 spiro atoms. The van der Waals surface area contributed by atoms with Crippen LogP contribution in [-0.4, -0.2) is 47.0 Å². The summed E-state index contributed by atoms with van der Waals surface area (Å²) in [6, 6.07) is 20.0. The van der Waals surface area contributed by atoms with E-state index in [0.717, 1.165) is 22.8 Å². The van der Waals surface area contributed by atoms with Crippen LogP contribution in [0.4, 0.5) is 17.5 Å². The SMILES string of the molecule is Cc1ccc(Nc2cc(C)nc(N3CCN(C(=O)/C=C/c4ccccc4)CC3)n2)cc1. The molecular weight excluding hydrogens is 386 g/mol. The van der Waals surface area contributed by atoms with Crippen LogP contribution in [0.3, 0.4) is 0 Å². The molecule has 0 radical (unpaired) electrons. The number of anilines is 3. The van der Waals surface area contributed by atoms with Gasteiger partial charge in [-0.15, -0.1) is 0 Å². The zero-order valence-corrected chi connectivity index (χ0v) is 18.0. The first kappa shape index (κ1) is 20.6. The summed E-state index contributed by atoms with van der Waals surface area (Å²) in [6.07, 6.45) is 3.51. The Balaban J connectivity index is 1.38. The number of aromatic nitrogens is 2. The lowest BCUT2D eigenvalue weighted by molar-refractivity contribution is -0.126. The Bertz CT molecular complexity index is 1060. The molecule has 1 aliphatic heterocycles. The number of carbonyl (C=O) groups is 1. The third-order valence-electron chi connectivity index (χ3n) is 5.26. The second-order valence-electron chi connectivity index (χ2n) is 7.74. The highest BCUT2D eigenvalue weighted by Crippen LogP contribution is 2.20. The minimum atomic E-state index is 0.0374. The van der Waals surface area contributed by atoms with Gasteiger partial charge in [0.05, 0.1) is 0 Å². The predicted octanol–water partition coefficient (Wildman–Crippen LogP) is 4.20. The summed E-state index contributed by atoms with van der Waals surface area (Å²) in [5.41, 5.74) is 4.14. The molecule has 1 N–H and O–H groups in total. The first-order chi connectivity index (χ1) is 15.1. The lowest BCUT2D eigenvalue weighted by Crippen LogP contribution is -2.48. The maximum atomic E-state index is 12.5. The first-order valence-corrected chi connectivity index (χ1v) is 10.5. The number of nitrogens with one attached hydrogen (secondary N) is 1. The van der Waals surface area contributed by atoms with Gasteiger partial charge in [-0.2, -0.15) is 4.98 Å². The second kappa shape index (κ2) is 9.43. The molecule has 1 aromatic heterocycles. The van der Waals surface area contributed by atoms with Crippen LogP contribution >= 0.6 is 0 Å². The Kier molecular flexibility index (Phi) is 6.26.